The van der Waals surface area contributed by atoms with Gasteiger partial charge in [-0.15, -0.1) is 11.3 Å². The first-order valence-electron chi connectivity index (χ1n) is 13.8. The predicted molar refractivity (Wildman–Crippen MR) is 167 cm³/mol. The monoisotopic (exact) mass is 532 g/mol. The van der Waals surface area contributed by atoms with E-state index in [0.29, 0.717) is 0 Å². The number of thiophene rings is 1. The van der Waals surface area contributed by atoms with Gasteiger partial charge < -0.3 is 0 Å². The molecule has 6 rings (SSSR count). The van der Waals surface area contributed by atoms with Crippen LogP contribution in [0.25, 0.3) is 27.2 Å². The highest BCUT2D eigenvalue weighted by atomic mass is 32.1. The number of hydrazine groups is 1. The van der Waals surface area contributed by atoms with Crippen molar-refractivity contribution in [2.45, 2.75) is 41.5 Å². The number of carbonyl (C=O) groups is 1. The fourth-order valence-corrected chi connectivity index (χ4v) is 6.77. The Bertz CT molecular complexity index is 1660. The number of hydrogen-bond donors (Lipinski definition) is 0. The molecule has 39 heavy (non-hydrogen) atoms. The number of benzene rings is 3. The predicted octanol–water partition coefficient (Wildman–Crippen LogP) is 9.03. The molecule has 1 aromatic heterocycles. The van der Waals surface area contributed by atoms with E-state index in [1.807, 2.05) is 0 Å². The van der Waals surface area contributed by atoms with Crippen LogP contribution < -0.4 is 5.01 Å². The van der Waals surface area contributed by atoms with E-state index in [4.69, 9.17) is 0 Å². The Hall–Kier alpha value is -3.63. The highest BCUT2D eigenvalue weighted by molar-refractivity contribution is 7.12. The molecule has 0 bridgehead atoms. The summed E-state index contributed by atoms with van der Waals surface area (Å²) >= 11 is 1.79. The van der Waals surface area contributed by atoms with Crippen molar-refractivity contribution in [2.75, 3.05) is 18.1 Å². The summed E-state index contributed by atoms with van der Waals surface area (Å²) in [4.78, 5) is 15.0. The molecule has 0 amide bonds. The lowest BCUT2D eigenvalue weighted by Crippen LogP contribution is -2.56. The number of hydrogen-bond acceptors (Lipinski definition) is 4. The van der Waals surface area contributed by atoms with Gasteiger partial charge in [0.15, 0.2) is 5.78 Å². The number of carbonyl (C=O) groups excluding carboxylic acids is 1. The molecule has 1 aliphatic carbocycles. The highest BCUT2D eigenvalue weighted by Crippen LogP contribution is 2.45. The van der Waals surface area contributed by atoms with Gasteiger partial charge in [0.25, 0.3) is 0 Å². The van der Waals surface area contributed by atoms with E-state index in [1.165, 1.54) is 37.8 Å². The largest absolute Gasteiger partial charge is 0.289 e. The van der Waals surface area contributed by atoms with Crippen LogP contribution in [0, 0.1) is 10.8 Å². The smallest absolute Gasteiger partial charge is 0.186 e. The van der Waals surface area contributed by atoms with Crippen molar-refractivity contribution in [3.8, 4) is 0 Å². The zero-order valence-electron chi connectivity index (χ0n) is 23.7. The molecule has 0 radical (unpaired) electrons. The van der Waals surface area contributed by atoms with Crippen LogP contribution in [0.5, 0.6) is 0 Å². The average molecular weight is 533 g/mol. The molecule has 3 aromatic carbocycles. The maximum atomic E-state index is 13.8. The topological polar surface area (TPSA) is 23.6 Å². The second-order valence-electron chi connectivity index (χ2n) is 12.6. The van der Waals surface area contributed by atoms with E-state index in [-0.39, 0.29) is 16.6 Å². The molecule has 0 unspecified atom stereocenters. The lowest BCUT2D eigenvalue weighted by atomic mass is 9.71. The van der Waals surface area contributed by atoms with Gasteiger partial charge in [0, 0.05) is 27.5 Å². The van der Waals surface area contributed by atoms with Crippen molar-refractivity contribution in [3.63, 3.8) is 0 Å². The summed E-state index contributed by atoms with van der Waals surface area (Å²) in [6.45, 7) is 14.7. The molecule has 0 atom stereocenters. The minimum absolute atomic E-state index is 0.170. The molecular formula is C35H36N2OS. The van der Waals surface area contributed by atoms with Crippen molar-refractivity contribution in [1.82, 2.24) is 5.01 Å². The van der Waals surface area contributed by atoms with E-state index in [1.54, 1.807) is 11.3 Å². The summed E-state index contributed by atoms with van der Waals surface area (Å²) in [5.41, 5.74) is 4.73. The van der Waals surface area contributed by atoms with Crippen molar-refractivity contribution in [2.24, 2.45) is 10.8 Å². The third-order valence-electron chi connectivity index (χ3n) is 7.82. The van der Waals surface area contributed by atoms with E-state index in [0.717, 1.165) is 29.8 Å². The Kier molecular flexibility index (Phi) is 6.07. The standard InChI is InChI=1S/C35H36N2OS/c1-34(2,3)28-20-25(21-29(32(28)38)35(4,5)6)31(33-27-16-10-8-13-24(27)22-39-33)37-19-18-36(37)30-17-11-14-23-12-7-9-15-26(23)30/h7-17,20-22H,18-19H2,1-6H3. The SMILES string of the molecule is CC(C)(C)C1=CC(=C(c2scc3ccccc23)N2CCN2c2cccc3ccccc23)C=C(C(C)(C)C)C1=O. The third-order valence-corrected chi connectivity index (χ3v) is 8.84. The molecule has 0 N–H and O–H groups in total. The zero-order valence-corrected chi connectivity index (χ0v) is 24.5. The Morgan fingerprint density at radius 1 is 0.718 bits per heavy atom. The van der Waals surface area contributed by atoms with Crippen LogP contribution >= 0.6 is 11.3 Å². The molecule has 0 saturated carbocycles. The van der Waals surface area contributed by atoms with Gasteiger partial charge in [-0.1, -0.05) is 102 Å². The van der Waals surface area contributed by atoms with E-state index in [2.05, 4.69) is 136 Å². The summed E-state index contributed by atoms with van der Waals surface area (Å²) in [5, 5.41) is 12.1. The fraction of sp³-hybridized carbons (Fsp3) is 0.286. The number of anilines is 1. The van der Waals surface area contributed by atoms with Gasteiger partial charge in [0.2, 0.25) is 0 Å². The number of Topliss-reactive ketones (excluding diaryl/α,β-unsaturated/α-hetero) is 1. The first-order chi connectivity index (χ1) is 18.5. The molecule has 1 saturated heterocycles. The van der Waals surface area contributed by atoms with E-state index >= 15 is 0 Å². The zero-order chi connectivity index (χ0) is 27.5. The summed E-state index contributed by atoms with van der Waals surface area (Å²) < 4.78 is 0. The van der Waals surface area contributed by atoms with Crippen LogP contribution in [0.4, 0.5) is 5.69 Å². The minimum Gasteiger partial charge on any atom is -0.289 e. The van der Waals surface area contributed by atoms with Gasteiger partial charge in [-0.05, 0) is 45.2 Å². The average Bonchev–Trinajstić information content (AvgIpc) is 3.29. The first-order valence-corrected chi connectivity index (χ1v) is 14.6. The minimum atomic E-state index is -0.264. The van der Waals surface area contributed by atoms with Crippen molar-refractivity contribution < 1.29 is 4.79 Å². The van der Waals surface area contributed by atoms with Crippen LogP contribution in [-0.2, 0) is 4.79 Å². The Labute approximate surface area is 235 Å². The summed E-state index contributed by atoms with van der Waals surface area (Å²) in [6.07, 6.45) is 4.34. The Balaban J connectivity index is 1.62. The molecule has 1 aliphatic heterocycles. The van der Waals surface area contributed by atoms with Crippen LogP contribution in [-0.4, -0.2) is 23.9 Å². The van der Waals surface area contributed by atoms with Crippen molar-refractivity contribution >= 4 is 50.0 Å². The molecule has 4 aromatic rings. The van der Waals surface area contributed by atoms with E-state index < -0.39 is 0 Å². The molecule has 0 spiro atoms. The van der Waals surface area contributed by atoms with Gasteiger partial charge in [-0.25, -0.2) is 0 Å². The summed E-state index contributed by atoms with van der Waals surface area (Å²) in [7, 11) is 0. The number of fused-ring (bicyclic) bond motifs is 2. The van der Waals surface area contributed by atoms with Gasteiger partial charge in [0.05, 0.1) is 29.4 Å². The molecule has 2 aliphatic rings. The number of nitrogens with zero attached hydrogens (tertiary/aromatic N) is 2. The summed E-state index contributed by atoms with van der Waals surface area (Å²) in [6, 6.07) is 23.8. The molecule has 1 fully saturated rings. The van der Waals surface area contributed by atoms with Crippen LogP contribution in [0.15, 0.2) is 101 Å². The van der Waals surface area contributed by atoms with Crippen LogP contribution in [0.2, 0.25) is 0 Å². The quantitative estimate of drug-likeness (QED) is 0.263. The first kappa shape index (κ1) is 25.6. The van der Waals surface area contributed by atoms with Gasteiger partial charge in [0.1, 0.15) is 0 Å². The Morgan fingerprint density at radius 2 is 1.31 bits per heavy atom. The number of ketones is 1. The van der Waals surface area contributed by atoms with E-state index in [9.17, 15) is 4.79 Å². The maximum absolute atomic E-state index is 13.8. The number of rotatable bonds is 3. The van der Waals surface area contributed by atoms with Gasteiger partial charge in [-0.3, -0.25) is 14.8 Å². The van der Waals surface area contributed by atoms with Crippen molar-refractivity contribution in [3.05, 3.63) is 106 Å². The fourth-order valence-electron chi connectivity index (χ4n) is 5.67. The summed E-state index contributed by atoms with van der Waals surface area (Å²) in [5.74, 6) is 0.170. The molecule has 198 valence electrons. The highest BCUT2D eigenvalue weighted by Gasteiger charge is 2.37. The second-order valence-corrected chi connectivity index (χ2v) is 13.5. The van der Waals surface area contributed by atoms with Crippen molar-refractivity contribution in [1.29, 1.82) is 0 Å². The number of allylic oxidation sites excluding steroid dienone is 5. The lowest BCUT2D eigenvalue weighted by molar-refractivity contribution is -0.114. The second kappa shape index (κ2) is 9.24. The third kappa shape index (κ3) is 4.41. The lowest BCUT2D eigenvalue weighted by Gasteiger charge is -2.49. The molecular weight excluding hydrogens is 496 g/mol. The van der Waals surface area contributed by atoms with Gasteiger partial charge in [-0.2, -0.15) is 0 Å². The van der Waals surface area contributed by atoms with Crippen LogP contribution in [0.1, 0.15) is 46.4 Å². The van der Waals surface area contributed by atoms with Crippen LogP contribution in [0.3, 0.4) is 0 Å². The molecule has 4 heteroatoms. The maximum Gasteiger partial charge on any atom is 0.186 e. The van der Waals surface area contributed by atoms with Gasteiger partial charge >= 0.3 is 0 Å². The normalized spacial score (nSPS) is 16.5. The Morgan fingerprint density at radius 3 is 1.92 bits per heavy atom. The molecule has 3 nitrogen and oxygen atoms in total. The molecule has 2 heterocycles.